The highest BCUT2D eigenvalue weighted by Crippen LogP contribution is 2.30. The van der Waals surface area contributed by atoms with E-state index in [1.807, 2.05) is 24.3 Å². The van der Waals surface area contributed by atoms with Crippen LogP contribution in [0.25, 0.3) is 0 Å². The molecule has 2 aromatic carbocycles. The smallest absolute Gasteiger partial charge is 0.131 e. The number of nitrogens with one attached hydrogen (secondary N) is 1. The van der Waals surface area contributed by atoms with E-state index in [1.165, 1.54) is 0 Å². The Morgan fingerprint density at radius 2 is 1.85 bits per heavy atom. The standard InChI is InChI=1S/C16H17Cl2NO/c1-2-9-19-11-12-5-3-4-6-16(12)20-13-7-8-14(17)15(18)10-13/h3-8,10,19H,2,9,11H2,1H3. The van der Waals surface area contributed by atoms with Gasteiger partial charge in [-0.05, 0) is 31.2 Å². The van der Waals surface area contributed by atoms with E-state index in [9.17, 15) is 0 Å². The minimum atomic E-state index is 0.491. The summed E-state index contributed by atoms with van der Waals surface area (Å²) in [6.07, 6.45) is 1.11. The lowest BCUT2D eigenvalue weighted by molar-refractivity contribution is 0.472. The van der Waals surface area contributed by atoms with Gasteiger partial charge in [0.25, 0.3) is 0 Å². The van der Waals surface area contributed by atoms with Gasteiger partial charge in [-0.2, -0.15) is 0 Å². The van der Waals surface area contributed by atoms with Gasteiger partial charge in [0.1, 0.15) is 11.5 Å². The zero-order chi connectivity index (χ0) is 14.4. The molecule has 1 N–H and O–H groups in total. The summed E-state index contributed by atoms with van der Waals surface area (Å²) in [5.74, 6) is 1.51. The molecule has 0 atom stereocenters. The Balaban J connectivity index is 2.13. The summed E-state index contributed by atoms with van der Waals surface area (Å²) in [6.45, 7) is 3.91. The maximum absolute atomic E-state index is 6.00. The topological polar surface area (TPSA) is 21.3 Å². The van der Waals surface area contributed by atoms with Gasteiger partial charge >= 0.3 is 0 Å². The Bertz CT molecular complexity index is 572. The third-order valence-corrected chi connectivity index (χ3v) is 3.57. The molecule has 0 spiro atoms. The summed E-state index contributed by atoms with van der Waals surface area (Å²) in [4.78, 5) is 0. The van der Waals surface area contributed by atoms with Crippen molar-refractivity contribution in [1.82, 2.24) is 5.32 Å². The molecule has 2 aromatic rings. The minimum Gasteiger partial charge on any atom is -0.457 e. The summed E-state index contributed by atoms with van der Waals surface area (Å²) < 4.78 is 5.89. The predicted octanol–water partition coefficient (Wildman–Crippen LogP) is 5.29. The maximum atomic E-state index is 6.00. The van der Waals surface area contributed by atoms with Crippen molar-refractivity contribution in [3.63, 3.8) is 0 Å². The van der Waals surface area contributed by atoms with Gasteiger partial charge in [-0.15, -0.1) is 0 Å². The second kappa shape index (κ2) is 7.53. The van der Waals surface area contributed by atoms with Crippen LogP contribution in [0.3, 0.4) is 0 Å². The number of halogens is 2. The third-order valence-electron chi connectivity index (χ3n) is 2.83. The molecule has 0 amide bonds. The Hall–Kier alpha value is -1.22. The fourth-order valence-electron chi connectivity index (χ4n) is 1.82. The summed E-state index contributed by atoms with van der Waals surface area (Å²) in [5.41, 5.74) is 1.12. The number of rotatable bonds is 6. The van der Waals surface area contributed by atoms with Crippen molar-refractivity contribution >= 4 is 23.2 Å². The van der Waals surface area contributed by atoms with Crippen LogP contribution in [0.5, 0.6) is 11.5 Å². The molecule has 0 aliphatic carbocycles. The van der Waals surface area contributed by atoms with Crippen molar-refractivity contribution < 1.29 is 4.74 Å². The van der Waals surface area contributed by atoms with Gasteiger partial charge in [0.05, 0.1) is 10.0 Å². The van der Waals surface area contributed by atoms with E-state index in [0.29, 0.717) is 15.8 Å². The first-order valence-electron chi connectivity index (χ1n) is 6.62. The number of benzene rings is 2. The first-order valence-corrected chi connectivity index (χ1v) is 7.38. The second-order valence-corrected chi connectivity index (χ2v) is 5.28. The van der Waals surface area contributed by atoms with E-state index < -0.39 is 0 Å². The number of para-hydroxylation sites is 1. The van der Waals surface area contributed by atoms with E-state index in [1.54, 1.807) is 12.1 Å². The van der Waals surface area contributed by atoms with Crippen molar-refractivity contribution in [1.29, 1.82) is 0 Å². The van der Waals surface area contributed by atoms with Crippen LogP contribution in [-0.2, 0) is 6.54 Å². The van der Waals surface area contributed by atoms with Gasteiger partial charge in [0.15, 0.2) is 0 Å². The van der Waals surface area contributed by atoms with E-state index in [-0.39, 0.29) is 0 Å². The lowest BCUT2D eigenvalue weighted by Gasteiger charge is -2.12. The van der Waals surface area contributed by atoms with Gasteiger partial charge in [-0.3, -0.25) is 0 Å². The normalized spacial score (nSPS) is 10.6. The molecule has 2 nitrogen and oxygen atoms in total. The molecule has 4 heteroatoms. The largest absolute Gasteiger partial charge is 0.457 e. The maximum Gasteiger partial charge on any atom is 0.131 e. The molecule has 20 heavy (non-hydrogen) atoms. The fraction of sp³-hybridized carbons (Fsp3) is 0.250. The molecule has 106 valence electrons. The van der Waals surface area contributed by atoms with Crippen molar-refractivity contribution in [2.24, 2.45) is 0 Å². The Kier molecular flexibility index (Phi) is 5.72. The number of ether oxygens (including phenoxy) is 1. The molecule has 0 saturated heterocycles. The Labute approximate surface area is 129 Å². The molecule has 2 rings (SSSR count). The van der Waals surface area contributed by atoms with E-state index >= 15 is 0 Å². The molecule has 0 unspecified atom stereocenters. The van der Waals surface area contributed by atoms with Crippen LogP contribution in [0.4, 0.5) is 0 Å². The van der Waals surface area contributed by atoms with E-state index in [0.717, 1.165) is 30.8 Å². The van der Waals surface area contributed by atoms with Gasteiger partial charge in [0.2, 0.25) is 0 Å². The highest BCUT2D eigenvalue weighted by Gasteiger charge is 2.06. The van der Waals surface area contributed by atoms with Crippen LogP contribution in [0, 0.1) is 0 Å². The molecule has 0 fully saturated rings. The molecule has 0 aromatic heterocycles. The minimum absolute atomic E-state index is 0.491. The van der Waals surface area contributed by atoms with Crippen molar-refractivity contribution in [2.75, 3.05) is 6.54 Å². The van der Waals surface area contributed by atoms with Crippen LogP contribution < -0.4 is 10.1 Å². The summed E-state index contributed by atoms with van der Waals surface area (Å²) in [7, 11) is 0. The SMILES string of the molecule is CCCNCc1ccccc1Oc1ccc(Cl)c(Cl)c1. The first kappa shape index (κ1) is 15.2. The highest BCUT2D eigenvalue weighted by atomic mass is 35.5. The van der Waals surface area contributed by atoms with Gasteiger partial charge in [-0.25, -0.2) is 0 Å². The van der Waals surface area contributed by atoms with Crippen LogP contribution >= 0.6 is 23.2 Å². The molecule has 0 aliphatic heterocycles. The summed E-state index contributed by atoms with van der Waals surface area (Å²) >= 11 is 11.9. The number of hydrogen-bond donors (Lipinski definition) is 1. The highest BCUT2D eigenvalue weighted by molar-refractivity contribution is 6.42. The van der Waals surface area contributed by atoms with Crippen molar-refractivity contribution in [3.05, 3.63) is 58.1 Å². The van der Waals surface area contributed by atoms with Gasteiger partial charge in [0, 0.05) is 18.2 Å². The zero-order valence-corrected chi connectivity index (χ0v) is 12.8. The lowest BCUT2D eigenvalue weighted by atomic mass is 10.2. The molecule has 0 radical (unpaired) electrons. The van der Waals surface area contributed by atoms with Crippen LogP contribution in [0.2, 0.25) is 10.0 Å². The molecule has 0 bridgehead atoms. The molecule has 0 aliphatic rings. The van der Waals surface area contributed by atoms with Crippen molar-refractivity contribution in [3.8, 4) is 11.5 Å². The quantitative estimate of drug-likeness (QED) is 0.732. The summed E-state index contributed by atoms with van der Waals surface area (Å²) in [5, 5.41) is 4.39. The molecule has 0 heterocycles. The number of hydrogen-bond acceptors (Lipinski definition) is 2. The lowest BCUT2D eigenvalue weighted by Crippen LogP contribution is -2.14. The van der Waals surface area contributed by atoms with Crippen LogP contribution in [0.15, 0.2) is 42.5 Å². The molecular weight excluding hydrogens is 293 g/mol. The fourth-order valence-corrected chi connectivity index (χ4v) is 2.10. The molecular formula is C16H17Cl2NO. The van der Waals surface area contributed by atoms with Crippen molar-refractivity contribution in [2.45, 2.75) is 19.9 Å². The van der Waals surface area contributed by atoms with Gasteiger partial charge in [-0.1, -0.05) is 48.3 Å². The average molecular weight is 310 g/mol. The second-order valence-electron chi connectivity index (χ2n) is 4.46. The summed E-state index contributed by atoms with van der Waals surface area (Å²) in [6, 6.07) is 13.2. The first-order chi connectivity index (χ1) is 9.70. The van der Waals surface area contributed by atoms with E-state index in [4.69, 9.17) is 27.9 Å². The van der Waals surface area contributed by atoms with E-state index in [2.05, 4.69) is 18.3 Å². The van der Waals surface area contributed by atoms with Crippen LogP contribution in [-0.4, -0.2) is 6.54 Å². The Morgan fingerprint density at radius 1 is 1.05 bits per heavy atom. The third kappa shape index (κ3) is 4.14. The Morgan fingerprint density at radius 3 is 2.60 bits per heavy atom. The zero-order valence-electron chi connectivity index (χ0n) is 11.3. The predicted molar refractivity (Wildman–Crippen MR) is 85.0 cm³/mol. The average Bonchev–Trinajstić information content (AvgIpc) is 2.45. The molecule has 0 saturated carbocycles. The monoisotopic (exact) mass is 309 g/mol. The van der Waals surface area contributed by atoms with Gasteiger partial charge < -0.3 is 10.1 Å². The van der Waals surface area contributed by atoms with Crippen LogP contribution in [0.1, 0.15) is 18.9 Å².